The van der Waals surface area contributed by atoms with Crippen molar-refractivity contribution in [2.75, 3.05) is 16.2 Å². The maximum Gasteiger partial charge on any atom is 0.258 e. The number of hydrogen-bond donors (Lipinski definition) is 0. The number of halogens is 1. The quantitative estimate of drug-likeness (QED) is 0.345. The highest BCUT2D eigenvalue weighted by atomic mass is 127. The summed E-state index contributed by atoms with van der Waals surface area (Å²) in [5.41, 5.74) is 3.12. The molecular weight excluding hydrogens is 519 g/mol. The van der Waals surface area contributed by atoms with E-state index in [1.165, 1.54) is 17.5 Å². The molecule has 0 radical (unpaired) electrons. The summed E-state index contributed by atoms with van der Waals surface area (Å²) in [6.07, 6.45) is 5.55. The number of furan rings is 1. The number of piperidine rings is 1. The number of aryl methyl sites for hydroxylation is 1. The molecule has 2 fully saturated rings. The Bertz CT molecular complexity index is 1230. The lowest BCUT2D eigenvalue weighted by Crippen LogP contribution is -2.48. The van der Waals surface area contributed by atoms with Crippen LogP contribution in [0.15, 0.2) is 35.0 Å². The maximum absolute atomic E-state index is 13.9. The molecule has 3 aliphatic rings. The molecule has 166 valence electrons. The topological polar surface area (TPSA) is 71.7 Å². The van der Waals surface area contributed by atoms with Gasteiger partial charge >= 0.3 is 0 Å². The third kappa shape index (κ3) is 2.98. The Kier molecular flexibility index (Phi) is 4.56. The highest BCUT2D eigenvalue weighted by Crippen LogP contribution is 2.48. The number of anilines is 1. The van der Waals surface area contributed by atoms with E-state index in [1.54, 1.807) is 0 Å². The third-order valence-electron chi connectivity index (χ3n) is 7.25. The van der Waals surface area contributed by atoms with Gasteiger partial charge < -0.3 is 14.1 Å². The largest absolute Gasteiger partial charge is 0.442 e. The summed E-state index contributed by atoms with van der Waals surface area (Å²) in [7, 11) is 0. The van der Waals surface area contributed by atoms with Gasteiger partial charge in [0.25, 0.3) is 5.91 Å². The summed E-state index contributed by atoms with van der Waals surface area (Å²) < 4.78 is 14.4. The van der Waals surface area contributed by atoms with Crippen molar-refractivity contribution < 1.29 is 13.9 Å². The summed E-state index contributed by atoms with van der Waals surface area (Å²) in [4.78, 5) is 24.7. The Hall–Kier alpha value is -2.20. The highest BCUT2D eigenvalue weighted by molar-refractivity contribution is 14.1. The van der Waals surface area contributed by atoms with E-state index in [9.17, 15) is 4.79 Å². The number of benzene rings is 1. The van der Waals surface area contributed by atoms with Crippen molar-refractivity contribution in [3.05, 3.63) is 53.0 Å². The molecule has 1 saturated carbocycles. The number of nitrogens with zero attached hydrogens (tertiary/aromatic N) is 4. The molecule has 32 heavy (non-hydrogen) atoms. The average Bonchev–Trinajstić information content (AvgIpc) is 3.34. The number of hydrogen-bond acceptors (Lipinski definition) is 6. The van der Waals surface area contributed by atoms with E-state index in [0.29, 0.717) is 42.1 Å². The summed E-state index contributed by atoms with van der Waals surface area (Å²) in [5, 5.41) is 0.713. The van der Waals surface area contributed by atoms with E-state index in [-0.39, 0.29) is 11.4 Å². The van der Waals surface area contributed by atoms with E-state index in [2.05, 4.69) is 61.1 Å². The van der Waals surface area contributed by atoms with Crippen LogP contribution in [0.4, 0.5) is 5.82 Å². The molecule has 2 aliphatic heterocycles. The van der Waals surface area contributed by atoms with Crippen LogP contribution in [0.25, 0.3) is 11.1 Å². The van der Waals surface area contributed by atoms with Crippen molar-refractivity contribution >= 4 is 45.7 Å². The van der Waals surface area contributed by atoms with Gasteiger partial charge in [-0.1, -0.05) is 24.3 Å². The summed E-state index contributed by atoms with van der Waals surface area (Å²) in [5.74, 6) is 1.31. The predicted molar refractivity (Wildman–Crippen MR) is 129 cm³/mol. The monoisotopic (exact) mass is 544 g/mol. The lowest BCUT2D eigenvalue weighted by molar-refractivity contribution is -0.0785. The molecule has 8 heteroatoms. The number of fused-ring (bicyclic) bond motifs is 3. The molecular formula is C24H25IN4O3. The van der Waals surface area contributed by atoms with E-state index in [4.69, 9.17) is 9.15 Å². The van der Waals surface area contributed by atoms with E-state index >= 15 is 0 Å². The van der Waals surface area contributed by atoms with Crippen LogP contribution in [0.5, 0.6) is 0 Å². The molecule has 2 aromatic heterocycles. The zero-order valence-electron chi connectivity index (χ0n) is 18.2. The minimum atomic E-state index is -0.423. The molecule has 0 bridgehead atoms. The summed E-state index contributed by atoms with van der Waals surface area (Å²) in [6, 6.07) is 8.37. The van der Waals surface area contributed by atoms with Crippen LogP contribution in [0.3, 0.4) is 0 Å². The third-order valence-corrected chi connectivity index (χ3v) is 8.87. The van der Waals surface area contributed by atoms with Crippen molar-refractivity contribution in [3.63, 3.8) is 0 Å². The summed E-state index contributed by atoms with van der Waals surface area (Å²) in [6.45, 7) is 5.91. The number of likely N-dealkylation sites (tertiary alicyclic amines) is 1. The Morgan fingerprint density at radius 2 is 2.03 bits per heavy atom. The van der Waals surface area contributed by atoms with Crippen molar-refractivity contribution in [3.8, 4) is 0 Å². The molecule has 1 aromatic carbocycles. The second-order valence-electron chi connectivity index (χ2n) is 9.46. The fourth-order valence-corrected chi connectivity index (χ4v) is 5.99. The molecule has 1 aliphatic carbocycles. The van der Waals surface area contributed by atoms with Crippen LogP contribution in [-0.2, 0) is 16.9 Å². The van der Waals surface area contributed by atoms with E-state index < -0.39 is 5.60 Å². The van der Waals surface area contributed by atoms with Gasteiger partial charge in [0, 0.05) is 12.1 Å². The first kappa shape index (κ1) is 20.4. The number of carbonyl (C=O) groups excluding carboxylic acids is 1. The van der Waals surface area contributed by atoms with Crippen molar-refractivity contribution in [1.82, 2.24) is 14.9 Å². The van der Waals surface area contributed by atoms with Gasteiger partial charge in [0.05, 0.1) is 47.0 Å². The van der Waals surface area contributed by atoms with E-state index in [0.717, 1.165) is 31.5 Å². The first-order valence-corrected chi connectivity index (χ1v) is 12.1. The van der Waals surface area contributed by atoms with Gasteiger partial charge in [-0.3, -0.25) is 7.91 Å². The molecule has 7 nitrogen and oxygen atoms in total. The molecule has 0 N–H and O–H groups in total. The van der Waals surface area contributed by atoms with Crippen LogP contribution in [0, 0.1) is 6.92 Å². The van der Waals surface area contributed by atoms with Gasteiger partial charge in [-0.2, -0.15) is 0 Å². The minimum Gasteiger partial charge on any atom is -0.442 e. The molecule has 1 unspecified atom stereocenters. The lowest BCUT2D eigenvalue weighted by atomic mass is 9.85. The number of aromatic nitrogens is 2. The fourth-order valence-electron chi connectivity index (χ4n) is 5.14. The van der Waals surface area contributed by atoms with Crippen molar-refractivity contribution in [1.29, 1.82) is 0 Å². The molecule has 4 heterocycles. The van der Waals surface area contributed by atoms with Gasteiger partial charge in [0.15, 0.2) is 5.82 Å². The SMILES string of the molecule is Cc1oc2ncnc(N(I)C3(C)CC3)c2c1C(=O)N1CCCC2(C1)OCc1ccccc12. The van der Waals surface area contributed by atoms with E-state index in [1.807, 2.05) is 17.9 Å². The zero-order valence-corrected chi connectivity index (χ0v) is 20.4. The lowest BCUT2D eigenvalue weighted by Gasteiger charge is -2.40. The fraction of sp³-hybridized carbons (Fsp3) is 0.458. The maximum atomic E-state index is 13.9. The Morgan fingerprint density at radius 1 is 1.22 bits per heavy atom. The zero-order chi connectivity index (χ0) is 22.1. The first-order valence-electron chi connectivity index (χ1n) is 11.1. The summed E-state index contributed by atoms with van der Waals surface area (Å²) >= 11 is 2.31. The second-order valence-corrected chi connectivity index (χ2v) is 10.4. The Labute approximate surface area is 200 Å². The molecule has 1 atom stereocenters. The van der Waals surface area contributed by atoms with Gasteiger partial charge in [-0.15, -0.1) is 0 Å². The molecule has 1 saturated heterocycles. The van der Waals surface area contributed by atoms with Crippen LogP contribution in [0.2, 0.25) is 0 Å². The van der Waals surface area contributed by atoms with Gasteiger partial charge in [0.2, 0.25) is 5.71 Å². The Morgan fingerprint density at radius 3 is 2.84 bits per heavy atom. The van der Waals surface area contributed by atoms with Gasteiger partial charge in [0.1, 0.15) is 17.7 Å². The van der Waals surface area contributed by atoms with Crippen molar-refractivity contribution in [2.45, 2.75) is 57.3 Å². The molecule has 1 spiro atoms. The normalized spacial score (nSPS) is 23.5. The Balaban J connectivity index is 1.39. The smallest absolute Gasteiger partial charge is 0.258 e. The molecule has 3 aromatic rings. The number of carbonyl (C=O) groups is 1. The van der Waals surface area contributed by atoms with Crippen LogP contribution in [-0.4, -0.2) is 39.4 Å². The van der Waals surface area contributed by atoms with Crippen molar-refractivity contribution in [2.24, 2.45) is 0 Å². The number of rotatable bonds is 3. The van der Waals surface area contributed by atoms with Crippen LogP contribution >= 0.6 is 22.9 Å². The standard InChI is InChI=1S/C24H25IN4O3/c1-15-18(19-20(26-14-27-21(19)32-15)29(25)23(2)9-10-23)22(30)28-11-5-8-24(13-28)17-7-4-3-6-16(17)12-31-24/h3-4,6-7,14H,5,8-13H2,1-2H3. The van der Waals surface area contributed by atoms with Gasteiger partial charge in [-0.25, -0.2) is 9.97 Å². The minimum absolute atomic E-state index is 0.0323. The van der Waals surface area contributed by atoms with Crippen LogP contribution < -0.4 is 3.11 Å². The van der Waals surface area contributed by atoms with Gasteiger partial charge in [-0.05, 0) is 50.7 Å². The molecule has 1 amide bonds. The number of ether oxygens (including phenoxy) is 1. The predicted octanol–water partition coefficient (Wildman–Crippen LogP) is 4.90. The molecule has 6 rings (SSSR count). The number of amides is 1. The highest BCUT2D eigenvalue weighted by Gasteiger charge is 2.46. The first-order chi connectivity index (χ1) is 15.4. The average molecular weight is 544 g/mol. The second kappa shape index (κ2) is 7.15. The van der Waals surface area contributed by atoms with Crippen LogP contribution in [0.1, 0.15) is 59.9 Å².